The Morgan fingerprint density at radius 3 is 2.42 bits per heavy atom. The molecular formula is C26H30N2O5. The fraction of sp³-hybridized carbons (Fsp3) is 0.423. The van der Waals surface area contributed by atoms with E-state index in [2.05, 4.69) is 26.1 Å². The fourth-order valence-corrected chi connectivity index (χ4v) is 4.47. The number of ketones is 1. The van der Waals surface area contributed by atoms with Crippen molar-refractivity contribution in [3.05, 3.63) is 65.2 Å². The Bertz CT molecular complexity index is 1040. The molecule has 2 aromatic rings. The molecule has 2 aromatic carbocycles. The zero-order chi connectivity index (χ0) is 23.8. The lowest BCUT2D eigenvalue weighted by Gasteiger charge is -2.28. The number of rotatable bonds is 5. The van der Waals surface area contributed by atoms with Crippen molar-refractivity contribution in [1.29, 1.82) is 0 Å². The second-order valence-electron chi connectivity index (χ2n) is 9.80. The van der Waals surface area contributed by atoms with Crippen LogP contribution in [0.25, 0.3) is 0 Å². The highest BCUT2D eigenvalue weighted by Crippen LogP contribution is 2.28. The van der Waals surface area contributed by atoms with Crippen molar-refractivity contribution in [1.82, 2.24) is 10.2 Å². The summed E-state index contributed by atoms with van der Waals surface area (Å²) in [5.41, 5.74) is 2.33. The average Bonchev–Trinajstić information content (AvgIpc) is 3.37. The molecule has 2 saturated heterocycles. The lowest BCUT2D eigenvalue weighted by Crippen LogP contribution is -2.53. The van der Waals surface area contributed by atoms with Gasteiger partial charge in [-0.3, -0.25) is 14.4 Å². The molecule has 2 N–H and O–H groups in total. The number of carbonyl (C=O) groups excluding carboxylic acids is 3. The molecule has 174 valence electrons. The zero-order valence-electron chi connectivity index (χ0n) is 19.2. The molecule has 0 aliphatic carbocycles. The monoisotopic (exact) mass is 450 g/mol. The predicted molar refractivity (Wildman–Crippen MR) is 123 cm³/mol. The van der Waals surface area contributed by atoms with Gasteiger partial charge in [0.2, 0.25) is 5.91 Å². The van der Waals surface area contributed by atoms with E-state index in [-0.39, 0.29) is 47.9 Å². The number of Topliss-reactive ketones (excluding diaryl/α,β-unsaturated/α-hetero) is 1. The Morgan fingerprint density at radius 2 is 1.79 bits per heavy atom. The Kier molecular flexibility index (Phi) is 6.26. The number of aromatic hydroxyl groups is 1. The Balaban J connectivity index is 1.56. The van der Waals surface area contributed by atoms with Gasteiger partial charge in [-0.2, -0.15) is 0 Å². The maximum Gasteiger partial charge on any atom is 0.251 e. The van der Waals surface area contributed by atoms with Crippen LogP contribution >= 0.6 is 0 Å². The molecule has 2 aliphatic rings. The number of phenolic OH excluding ortho intramolecular Hbond substituents is 1. The summed E-state index contributed by atoms with van der Waals surface area (Å²) in [5.74, 6) is -0.620. The smallest absolute Gasteiger partial charge is 0.251 e. The summed E-state index contributed by atoms with van der Waals surface area (Å²) >= 11 is 0. The summed E-state index contributed by atoms with van der Waals surface area (Å²) in [6.07, 6.45) is 0.584. The van der Waals surface area contributed by atoms with E-state index in [0.29, 0.717) is 18.5 Å². The first-order valence-electron chi connectivity index (χ1n) is 11.3. The lowest BCUT2D eigenvalue weighted by molar-refractivity contribution is -0.138. The topological polar surface area (TPSA) is 95.9 Å². The molecular weight excluding hydrogens is 420 g/mol. The van der Waals surface area contributed by atoms with E-state index in [1.165, 1.54) is 0 Å². The molecule has 0 spiro atoms. The lowest BCUT2D eigenvalue weighted by atomic mass is 9.86. The largest absolute Gasteiger partial charge is 0.508 e. The number of carbonyl (C=O) groups is 3. The van der Waals surface area contributed by atoms with E-state index in [0.717, 1.165) is 11.1 Å². The fourth-order valence-electron chi connectivity index (χ4n) is 4.47. The van der Waals surface area contributed by atoms with Gasteiger partial charge in [0.05, 0.1) is 6.10 Å². The van der Waals surface area contributed by atoms with E-state index in [4.69, 9.17) is 4.74 Å². The summed E-state index contributed by atoms with van der Waals surface area (Å²) in [6.45, 7) is 6.75. The van der Waals surface area contributed by atoms with Gasteiger partial charge < -0.3 is 20.1 Å². The Hall–Kier alpha value is -3.19. The first kappa shape index (κ1) is 23.0. The zero-order valence-corrected chi connectivity index (χ0v) is 19.2. The number of benzene rings is 2. The van der Waals surface area contributed by atoms with Gasteiger partial charge in [-0.25, -0.2) is 0 Å². The molecule has 4 rings (SSSR count). The number of hydrogen-bond acceptors (Lipinski definition) is 5. The van der Waals surface area contributed by atoms with Crippen molar-refractivity contribution in [2.24, 2.45) is 0 Å². The number of nitrogens with zero attached hydrogens (tertiary/aromatic N) is 1. The van der Waals surface area contributed by atoms with E-state index < -0.39 is 12.1 Å². The van der Waals surface area contributed by atoms with Gasteiger partial charge in [-0.05, 0) is 47.2 Å². The molecule has 0 saturated carbocycles. The number of amides is 2. The van der Waals surface area contributed by atoms with Crippen molar-refractivity contribution in [3.8, 4) is 5.75 Å². The Morgan fingerprint density at radius 1 is 1.12 bits per heavy atom. The normalized spacial score (nSPS) is 21.1. The molecule has 7 heteroatoms. The molecule has 0 bridgehead atoms. The van der Waals surface area contributed by atoms with E-state index in [1.54, 1.807) is 41.3 Å². The SMILES string of the molecule is CC(C)(C)c1ccc(C(=O)NC(Cc2ccc(O)cc2)C(=O)N2CCC3OCC(=O)C32)cc1. The van der Waals surface area contributed by atoms with Crippen LogP contribution in [0.5, 0.6) is 5.75 Å². The van der Waals surface area contributed by atoms with Gasteiger partial charge in [-0.15, -0.1) is 0 Å². The molecule has 0 aromatic heterocycles. The highest BCUT2D eigenvalue weighted by molar-refractivity contribution is 5.99. The van der Waals surface area contributed by atoms with Crippen LogP contribution in [-0.4, -0.2) is 58.9 Å². The number of fused-ring (bicyclic) bond motifs is 1. The molecule has 33 heavy (non-hydrogen) atoms. The van der Waals surface area contributed by atoms with Crippen LogP contribution in [0, 0.1) is 0 Å². The maximum absolute atomic E-state index is 13.5. The summed E-state index contributed by atoms with van der Waals surface area (Å²) in [6, 6.07) is 12.5. The molecule has 2 aliphatic heterocycles. The van der Waals surface area contributed by atoms with Crippen LogP contribution in [0.4, 0.5) is 0 Å². The summed E-state index contributed by atoms with van der Waals surface area (Å²) in [4.78, 5) is 40.4. The quantitative estimate of drug-likeness (QED) is 0.730. The second kappa shape index (κ2) is 8.98. The summed E-state index contributed by atoms with van der Waals surface area (Å²) < 4.78 is 5.51. The highest BCUT2D eigenvalue weighted by atomic mass is 16.5. The third-order valence-electron chi connectivity index (χ3n) is 6.39. The van der Waals surface area contributed by atoms with E-state index in [1.807, 2.05) is 12.1 Å². The molecule has 7 nitrogen and oxygen atoms in total. The molecule has 2 heterocycles. The van der Waals surface area contributed by atoms with Crippen LogP contribution < -0.4 is 5.32 Å². The van der Waals surface area contributed by atoms with Crippen molar-refractivity contribution in [2.45, 2.75) is 57.2 Å². The van der Waals surface area contributed by atoms with Crippen molar-refractivity contribution in [3.63, 3.8) is 0 Å². The third kappa shape index (κ3) is 4.93. The first-order valence-corrected chi connectivity index (χ1v) is 11.3. The molecule has 3 atom stereocenters. The summed E-state index contributed by atoms with van der Waals surface area (Å²) in [7, 11) is 0. The molecule has 3 unspecified atom stereocenters. The van der Waals surface area contributed by atoms with Crippen molar-refractivity contribution >= 4 is 17.6 Å². The minimum Gasteiger partial charge on any atom is -0.508 e. The minimum atomic E-state index is -0.850. The number of likely N-dealkylation sites (tertiary alicyclic amines) is 1. The van der Waals surface area contributed by atoms with Gasteiger partial charge in [0.1, 0.15) is 24.4 Å². The predicted octanol–water partition coefficient (Wildman–Crippen LogP) is 2.60. The third-order valence-corrected chi connectivity index (χ3v) is 6.39. The van der Waals surface area contributed by atoms with Crippen LogP contribution in [0.1, 0.15) is 48.7 Å². The number of ether oxygens (including phenoxy) is 1. The minimum absolute atomic E-state index is 0.0221. The van der Waals surface area contributed by atoms with E-state index >= 15 is 0 Å². The highest BCUT2D eigenvalue weighted by Gasteiger charge is 2.48. The molecule has 2 fully saturated rings. The van der Waals surface area contributed by atoms with Crippen LogP contribution in [0.3, 0.4) is 0 Å². The van der Waals surface area contributed by atoms with Crippen LogP contribution in [-0.2, 0) is 26.2 Å². The molecule has 2 amide bonds. The Labute approximate surface area is 193 Å². The van der Waals surface area contributed by atoms with Crippen molar-refractivity contribution < 1.29 is 24.2 Å². The maximum atomic E-state index is 13.5. The van der Waals surface area contributed by atoms with Gasteiger partial charge in [0.15, 0.2) is 5.78 Å². The number of hydrogen-bond donors (Lipinski definition) is 2. The second-order valence-corrected chi connectivity index (χ2v) is 9.80. The average molecular weight is 451 g/mol. The molecule has 0 radical (unpaired) electrons. The van der Waals surface area contributed by atoms with Gasteiger partial charge >= 0.3 is 0 Å². The number of nitrogens with one attached hydrogen (secondary N) is 1. The van der Waals surface area contributed by atoms with Gasteiger partial charge in [0.25, 0.3) is 5.91 Å². The standard InChI is InChI=1S/C26H30N2O5/c1-26(2,3)18-8-6-17(7-9-18)24(31)27-20(14-16-4-10-19(29)11-5-16)25(32)28-13-12-22-23(28)21(30)15-33-22/h4-11,20,22-23,29H,12-15H2,1-3H3,(H,27,31). The van der Waals surface area contributed by atoms with Gasteiger partial charge in [-0.1, -0.05) is 45.0 Å². The number of phenols is 1. The van der Waals surface area contributed by atoms with E-state index in [9.17, 15) is 19.5 Å². The van der Waals surface area contributed by atoms with Crippen LogP contribution in [0.2, 0.25) is 0 Å². The summed E-state index contributed by atoms with van der Waals surface area (Å²) in [5, 5.41) is 12.5. The van der Waals surface area contributed by atoms with Gasteiger partial charge in [0, 0.05) is 18.5 Å². The van der Waals surface area contributed by atoms with Crippen molar-refractivity contribution in [2.75, 3.05) is 13.2 Å². The van der Waals surface area contributed by atoms with Crippen LogP contribution in [0.15, 0.2) is 48.5 Å². The first-order chi connectivity index (χ1) is 15.6.